The van der Waals surface area contributed by atoms with E-state index in [-0.39, 0.29) is 24.9 Å². The number of Topliss-reactive ketones (excluding diaryl/α,β-unsaturated/α-hetero) is 1. The lowest BCUT2D eigenvalue weighted by atomic mass is 9.92. The van der Waals surface area contributed by atoms with Crippen LogP contribution < -0.4 is 5.32 Å². The molecule has 8 heteroatoms. The predicted molar refractivity (Wildman–Crippen MR) is 98.3 cm³/mol. The average molecular weight is 366 g/mol. The molecular weight excluding hydrogens is 351 g/mol. The lowest BCUT2D eigenvalue weighted by Gasteiger charge is -2.16. The van der Waals surface area contributed by atoms with E-state index >= 15 is 0 Å². The maximum atomic E-state index is 12.1. The van der Waals surface area contributed by atoms with Crippen LogP contribution in [0.15, 0.2) is 47.5 Å². The molecule has 0 atom stereocenters. The number of anilines is 1. The molecule has 0 saturated carbocycles. The number of carbonyl (C=O) groups excluding carboxylic acids is 2. The Kier molecular flexibility index (Phi) is 4.37. The summed E-state index contributed by atoms with van der Waals surface area (Å²) in [5.41, 5.74) is 4.34. The van der Waals surface area contributed by atoms with Crippen molar-refractivity contribution in [3.05, 3.63) is 59.2 Å². The van der Waals surface area contributed by atoms with Crippen molar-refractivity contribution in [2.24, 2.45) is 4.99 Å². The quantitative estimate of drug-likeness (QED) is 0.741. The van der Waals surface area contributed by atoms with Crippen LogP contribution >= 0.6 is 0 Å². The molecule has 1 aliphatic heterocycles. The van der Waals surface area contributed by atoms with E-state index < -0.39 is 12.8 Å². The number of nitrogens with one attached hydrogen (secondary N) is 2. The number of ether oxygens (including phenoxy) is 1. The van der Waals surface area contributed by atoms with Crippen LogP contribution in [0.5, 0.6) is 0 Å². The van der Waals surface area contributed by atoms with Gasteiger partial charge in [-0.25, -0.2) is 14.2 Å². The number of aliphatic imine (C=N–C) groups is 1. The fourth-order valence-corrected chi connectivity index (χ4v) is 2.98. The van der Waals surface area contributed by atoms with Gasteiger partial charge in [0.05, 0.1) is 16.7 Å². The van der Waals surface area contributed by atoms with Crippen molar-refractivity contribution in [2.45, 2.75) is 0 Å². The van der Waals surface area contributed by atoms with Gasteiger partial charge in [-0.15, -0.1) is 0 Å². The number of ketones is 1. The van der Waals surface area contributed by atoms with Gasteiger partial charge in [-0.05, 0) is 12.1 Å². The highest BCUT2D eigenvalue weighted by Gasteiger charge is 2.21. The Bertz CT molecular complexity index is 1070. The number of aromatic nitrogens is 2. The number of amides is 1. The van der Waals surface area contributed by atoms with Crippen molar-refractivity contribution >= 4 is 34.6 Å². The molecule has 0 bridgehead atoms. The molecule has 1 aliphatic rings. The topological polar surface area (TPSA) is 96.4 Å². The van der Waals surface area contributed by atoms with Crippen molar-refractivity contribution in [2.75, 3.05) is 25.1 Å². The summed E-state index contributed by atoms with van der Waals surface area (Å²) >= 11 is 0. The summed E-state index contributed by atoms with van der Waals surface area (Å²) in [6.45, 7) is -0.947. The van der Waals surface area contributed by atoms with Gasteiger partial charge >= 0.3 is 6.09 Å². The number of benzene rings is 2. The van der Waals surface area contributed by atoms with Gasteiger partial charge in [-0.2, -0.15) is 0 Å². The standard InChI is InChI=1S/C19H15FN4O3/c20-7-8-27-19(26)24-18-22-14-6-5-11(9-15(14)23-18)17-13-4-2-1-3-12(13)16(25)10-21-17/h1-6,9H,7-8,10H2,(H2,22,23,24,26). The summed E-state index contributed by atoms with van der Waals surface area (Å²) in [5.74, 6) is 0.197. The molecule has 0 radical (unpaired) electrons. The number of carbonyl (C=O) groups is 2. The maximum absolute atomic E-state index is 12.1. The first kappa shape index (κ1) is 16.9. The van der Waals surface area contributed by atoms with Gasteiger partial charge in [0.15, 0.2) is 5.78 Å². The first-order valence-electron chi connectivity index (χ1n) is 8.32. The molecule has 2 aromatic carbocycles. The maximum Gasteiger partial charge on any atom is 0.414 e. The van der Waals surface area contributed by atoms with Crippen molar-refractivity contribution in [1.82, 2.24) is 9.97 Å². The zero-order valence-corrected chi connectivity index (χ0v) is 14.2. The van der Waals surface area contributed by atoms with Crippen LogP contribution in [0.2, 0.25) is 0 Å². The van der Waals surface area contributed by atoms with Crippen LogP contribution in [-0.2, 0) is 4.74 Å². The third-order valence-electron chi connectivity index (χ3n) is 4.15. The molecule has 1 amide bonds. The second-order valence-electron chi connectivity index (χ2n) is 5.90. The summed E-state index contributed by atoms with van der Waals surface area (Å²) in [7, 11) is 0. The summed E-state index contributed by atoms with van der Waals surface area (Å²) < 4.78 is 16.7. The zero-order valence-electron chi connectivity index (χ0n) is 14.2. The number of rotatable bonds is 4. The Labute approximate surface area is 153 Å². The molecule has 0 aliphatic carbocycles. The molecule has 0 unspecified atom stereocenters. The Hall–Kier alpha value is -3.55. The Morgan fingerprint density at radius 1 is 1.22 bits per heavy atom. The van der Waals surface area contributed by atoms with E-state index in [1.165, 1.54) is 0 Å². The molecule has 0 spiro atoms. The largest absolute Gasteiger partial charge is 0.446 e. The van der Waals surface area contributed by atoms with Gasteiger partial charge in [0.25, 0.3) is 0 Å². The van der Waals surface area contributed by atoms with Crippen LogP contribution in [0, 0.1) is 0 Å². The van der Waals surface area contributed by atoms with E-state index in [0.29, 0.717) is 16.6 Å². The van der Waals surface area contributed by atoms with E-state index in [1.807, 2.05) is 30.3 Å². The number of halogens is 1. The number of hydrogen-bond acceptors (Lipinski definition) is 5. The summed E-state index contributed by atoms with van der Waals surface area (Å²) in [6, 6.07) is 12.9. The molecule has 27 heavy (non-hydrogen) atoms. The van der Waals surface area contributed by atoms with Crippen molar-refractivity contribution in [3.63, 3.8) is 0 Å². The van der Waals surface area contributed by atoms with Gasteiger partial charge in [0.2, 0.25) is 5.95 Å². The molecule has 4 rings (SSSR count). The van der Waals surface area contributed by atoms with E-state index in [0.717, 1.165) is 16.8 Å². The van der Waals surface area contributed by atoms with Crippen LogP contribution in [0.4, 0.5) is 15.1 Å². The van der Waals surface area contributed by atoms with Crippen molar-refractivity contribution in [1.29, 1.82) is 0 Å². The van der Waals surface area contributed by atoms with Gasteiger partial charge in [-0.1, -0.05) is 30.3 Å². The minimum absolute atomic E-state index is 0.00440. The second-order valence-corrected chi connectivity index (χ2v) is 5.90. The van der Waals surface area contributed by atoms with Gasteiger partial charge < -0.3 is 9.72 Å². The molecule has 3 aromatic rings. The molecule has 0 saturated heterocycles. The SMILES string of the molecule is O=C(Nc1nc2ccc(C3=NCC(=O)c4ccccc43)cc2[nH]1)OCCF. The smallest absolute Gasteiger partial charge is 0.414 e. The third kappa shape index (κ3) is 3.29. The number of hydrogen-bond donors (Lipinski definition) is 2. The highest BCUT2D eigenvalue weighted by Crippen LogP contribution is 2.23. The van der Waals surface area contributed by atoms with E-state index in [2.05, 4.69) is 25.0 Å². The van der Waals surface area contributed by atoms with E-state index in [9.17, 15) is 14.0 Å². The number of alkyl halides is 1. The summed E-state index contributed by atoms with van der Waals surface area (Å²) in [4.78, 5) is 35.2. The predicted octanol–water partition coefficient (Wildman–Crippen LogP) is 3.11. The Balaban J connectivity index is 1.64. The third-order valence-corrected chi connectivity index (χ3v) is 4.15. The average Bonchev–Trinajstić information content (AvgIpc) is 3.08. The zero-order chi connectivity index (χ0) is 18.8. The highest BCUT2D eigenvalue weighted by atomic mass is 19.1. The lowest BCUT2D eigenvalue weighted by molar-refractivity contribution is 0.1000. The van der Waals surface area contributed by atoms with E-state index in [1.54, 1.807) is 12.1 Å². The molecule has 7 nitrogen and oxygen atoms in total. The fourth-order valence-electron chi connectivity index (χ4n) is 2.98. The monoisotopic (exact) mass is 366 g/mol. The molecule has 0 fully saturated rings. The Morgan fingerprint density at radius 2 is 2.04 bits per heavy atom. The Morgan fingerprint density at radius 3 is 2.85 bits per heavy atom. The molecular formula is C19H15FN4O3. The fraction of sp³-hybridized carbons (Fsp3) is 0.158. The summed E-state index contributed by atoms with van der Waals surface area (Å²) in [5, 5.41) is 2.42. The number of fused-ring (bicyclic) bond motifs is 2. The number of aromatic amines is 1. The number of H-pyrrole nitrogens is 1. The second kappa shape index (κ2) is 6.99. The lowest BCUT2D eigenvalue weighted by Crippen LogP contribution is -2.19. The van der Waals surface area contributed by atoms with Gasteiger partial charge in [0, 0.05) is 16.7 Å². The van der Waals surface area contributed by atoms with Crippen LogP contribution in [0.25, 0.3) is 11.0 Å². The summed E-state index contributed by atoms with van der Waals surface area (Å²) in [6.07, 6.45) is -0.781. The number of nitrogens with zero attached hydrogens (tertiary/aromatic N) is 2. The van der Waals surface area contributed by atoms with Gasteiger partial charge in [0.1, 0.15) is 19.8 Å². The van der Waals surface area contributed by atoms with Crippen molar-refractivity contribution in [3.8, 4) is 0 Å². The highest BCUT2D eigenvalue weighted by molar-refractivity contribution is 6.22. The van der Waals surface area contributed by atoms with Crippen LogP contribution in [-0.4, -0.2) is 47.4 Å². The van der Waals surface area contributed by atoms with Crippen LogP contribution in [0.1, 0.15) is 21.5 Å². The molecule has 2 heterocycles. The minimum Gasteiger partial charge on any atom is -0.446 e. The minimum atomic E-state index is -0.781. The molecule has 136 valence electrons. The number of imidazole rings is 1. The van der Waals surface area contributed by atoms with Crippen LogP contribution in [0.3, 0.4) is 0 Å². The molecule has 1 aromatic heterocycles. The van der Waals surface area contributed by atoms with Crippen molar-refractivity contribution < 1.29 is 18.7 Å². The normalized spacial score (nSPS) is 13.2. The molecule has 2 N–H and O–H groups in total. The van der Waals surface area contributed by atoms with Gasteiger partial charge in [-0.3, -0.25) is 15.1 Å². The first-order chi connectivity index (χ1) is 13.2. The first-order valence-corrected chi connectivity index (χ1v) is 8.32. The van der Waals surface area contributed by atoms with E-state index in [4.69, 9.17) is 0 Å².